The van der Waals surface area contributed by atoms with Gasteiger partial charge in [0, 0.05) is 31.2 Å². The lowest BCUT2D eigenvalue weighted by Crippen LogP contribution is -2.36. The van der Waals surface area contributed by atoms with Gasteiger partial charge < -0.3 is 15.6 Å². The SMILES string of the molecule is CCC(CC)N(CCO)Cc1ccc(CN)c(OC)c1. The Morgan fingerprint density at radius 1 is 1.30 bits per heavy atom. The van der Waals surface area contributed by atoms with Crippen molar-refractivity contribution in [2.24, 2.45) is 5.73 Å². The number of aliphatic hydroxyl groups excluding tert-OH is 1. The van der Waals surface area contributed by atoms with Gasteiger partial charge in [-0.3, -0.25) is 4.90 Å². The fourth-order valence-corrected chi connectivity index (χ4v) is 2.61. The van der Waals surface area contributed by atoms with Gasteiger partial charge in [0.05, 0.1) is 13.7 Å². The van der Waals surface area contributed by atoms with Crippen molar-refractivity contribution in [3.05, 3.63) is 29.3 Å². The Balaban J connectivity index is 2.87. The number of nitrogens with zero attached hydrogens (tertiary/aromatic N) is 1. The highest BCUT2D eigenvalue weighted by Crippen LogP contribution is 2.22. The van der Waals surface area contributed by atoms with Crippen molar-refractivity contribution in [3.8, 4) is 5.75 Å². The lowest BCUT2D eigenvalue weighted by Gasteiger charge is -2.30. The monoisotopic (exact) mass is 280 g/mol. The molecule has 1 aromatic carbocycles. The lowest BCUT2D eigenvalue weighted by atomic mass is 10.1. The quantitative estimate of drug-likeness (QED) is 0.727. The molecule has 0 aliphatic heterocycles. The number of methoxy groups -OCH3 is 1. The highest BCUT2D eigenvalue weighted by Gasteiger charge is 2.15. The van der Waals surface area contributed by atoms with E-state index in [1.54, 1.807) is 7.11 Å². The predicted octanol–water partition coefficient (Wildman–Crippen LogP) is 2.14. The maximum absolute atomic E-state index is 9.25. The second-order valence-electron chi connectivity index (χ2n) is 5.01. The lowest BCUT2D eigenvalue weighted by molar-refractivity contribution is 0.136. The van der Waals surface area contributed by atoms with Gasteiger partial charge in [0.1, 0.15) is 5.75 Å². The van der Waals surface area contributed by atoms with Crippen molar-refractivity contribution >= 4 is 0 Å². The topological polar surface area (TPSA) is 58.7 Å². The molecule has 0 saturated carbocycles. The molecule has 0 spiro atoms. The first-order valence-electron chi connectivity index (χ1n) is 7.40. The average molecular weight is 280 g/mol. The minimum Gasteiger partial charge on any atom is -0.496 e. The van der Waals surface area contributed by atoms with Crippen LogP contribution in [0.25, 0.3) is 0 Å². The molecule has 0 heterocycles. The number of hydrogen-bond donors (Lipinski definition) is 2. The van der Waals surface area contributed by atoms with E-state index in [0.717, 1.165) is 30.7 Å². The maximum Gasteiger partial charge on any atom is 0.123 e. The van der Waals surface area contributed by atoms with Crippen molar-refractivity contribution in [3.63, 3.8) is 0 Å². The van der Waals surface area contributed by atoms with Crippen LogP contribution in [0.1, 0.15) is 37.8 Å². The Hall–Kier alpha value is -1.10. The Kier molecular flexibility index (Phi) is 7.59. The Morgan fingerprint density at radius 2 is 2.00 bits per heavy atom. The van der Waals surface area contributed by atoms with Gasteiger partial charge in [-0.15, -0.1) is 0 Å². The summed E-state index contributed by atoms with van der Waals surface area (Å²) in [5, 5.41) is 9.25. The summed E-state index contributed by atoms with van der Waals surface area (Å²) in [6, 6.07) is 6.67. The third-order valence-corrected chi connectivity index (χ3v) is 3.80. The molecule has 114 valence electrons. The molecular formula is C16H28N2O2. The summed E-state index contributed by atoms with van der Waals surface area (Å²) >= 11 is 0. The van der Waals surface area contributed by atoms with Crippen LogP contribution in [0.3, 0.4) is 0 Å². The summed E-state index contributed by atoms with van der Waals surface area (Å²) in [6.07, 6.45) is 2.18. The molecule has 4 nitrogen and oxygen atoms in total. The highest BCUT2D eigenvalue weighted by molar-refractivity contribution is 5.37. The van der Waals surface area contributed by atoms with Crippen molar-refractivity contribution in [1.82, 2.24) is 4.90 Å². The zero-order valence-electron chi connectivity index (χ0n) is 12.9. The van der Waals surface area contributed by atoms with Gasteiger partial charge in [-0.2, -0.15) is 0 Å². The summed E-state index contributed by atoms with van der Waals surface area (Å²) < 4.78 is 5.38. The molecular weight excluding hydrogens is 252 g/mol. The van der Waals surface area contributed by atoms with E-state index in [0.29, 0.717) is 19.1 Å². The molecule has 0 saturated heterocycles. The summed E-state index contributed by atoms with van der Waals surface area (Å²) in [5.74, 6) is 0.846. The van der Waals surface area contributed by atoms with Gasteiger partial charge in [0.25, 0.3) is 0 Å². The minimum absolute atomic E-state index is 0.189. The molecule has 0 aliphatic rings. The van der Waals surface area contributed by atoms with E-state index >= 15 is 0 Å². The molecule has 0 amide bonds. The fraction of sp³-hybridized carbons (Fsp3) is 0.625. The molecule has 20 heavy (non-hydrogen) atoms. The van der Waals surface area contributed by atoms with E-state index in [9.17, 15) is 5.11 Å². The summed E-state index contributed by atoms with van der Waals surface area (Å²) in [4.78, 5) is 2.33. The molecule has 3 N–H and O–H groups in total. The second kappa shape index (κ2) is 8.95. The smallest absolute Gasteiger partial charge is 0.123 e. The van der Waals surface area contributed by atoms with Crippen molar-refractivity contribution in [2.75, 3.05) is 20.3 Å². The first kappa shape index (κ1) is 17.0. The molecule has 0 unspecified atom stereocenters. The van der Waals surface area contributed by atoms with Gasteiger partial charge in [-0.1, -0.05) is 26.0 Å². The van der Waals surface area contributed by atoms with Crippen molar-refractivity contribution in [2.45, 2.75) is 45.8 Å². The van der Waals surface area contributed by atoms with E-state index in [1.165, 1.54) is 5.56 Å². The molecule has 0 aliphatic carbocycles. The van der Waals surface area contributed by atoms with Gasteiger partial charge in [-0.05, 0) is 24.5 Å². The van der Waals surface area contributed by atoms with Crippen LogP contribution in [0.4, 0.5) is 0 Å². The molecule has 0 fully saturated rings. The molecule has 1 rings (SSSR count). The summed E-state index contributed by atoms with van der Waals surface area (Å²) in [5.41, 5.74) is 7.91. The molecule has 0 aromatic heterocycles. The second-order valence-corrected chi connectivity index (χ2v) is 5.01. The first-order valence-corrected chi connectivity index (χ1v) is 7.40. The fourth-order valence-electron chi connectivity index (χ4n) is 2.61. The third-order valence-electron chi connectivity index (χ3n) is 3.80. The molecule has 0 radical (unpaired) electrons. The molecule has 1 aromatic rings. The third kappa shape index (κ3) is 4.47. The summed E-state index contributed by atoms with van der Waals surface area (Å²) in [6.45, 7) is 6.58. The van der Waals surface area contributed by atoms with Crippen LogP contribution in [-0.4, -0.2) is 36.3 Å². The van der Waals surface area contributed by atoms with E-state index in [2.05, 4.69) is 30.9 Å². The predicted molar refractivity (Wildman–Crippen MR) is 82.8 cm³/mol. The zero-order chi connectivity index (χ0) is 15.0. The first-order chi connectivity index (χ1) is 9.69. The largest absolute Gasteiger partial charge is 0.496 e. The normalized spacial score (nSPS) is 11.3. The van der Waals surface area contributed by atoms with Gasteiger partial charge in [0.2, 0.25) is 0 Å². The number of aliphatic hydroxyl groups is 1. The highest BCUT2D eigenvalue weighted by atomic mass is 16.5. The minimum atomic E-state index is 0.189. The van der Waals surface area contributed by atoms with Crippen LogP contribution in [0.2, 0.25) is 0 Å². The number of nitrogens with two attached hydrogens (primary N) is 1. The van der Waals surface area contributed by atoms with E-state index in [4.69, 9.17) is 10.5 Å². The van der Waals surface area contributed by atoms with Crippen molar-refractivity contribution < 1.29 is 9.84 Å². The Bertz CT molecular complexity index is 392. The van der Waals surface area contributed by atoms with Crippen LogP contribution in [0.15, 0.2) is 18.2 Å². The van der Waals surface area contributed by atoms with E-state index in [1.807, 2.05) is 6.07 Å². The average Bonchev–Trinajstić information content (AvgIpc) is 2.48. The zero-order valence-corrected chi connectivity index (χ0v) is 12.9. The van der Waals surface area contributed by atoms with Gasteiger partial charge >= 0.3 is 0 Å². The van der Waals surface area contributed by atoms with Gasteiger partial charge in [-0.25, -0.2) is 0 Å². The van der Waals surface area contributed by atoms with Crippen LogP contribution < -0.4 is 10.5 Å². The Morgan fingerprint density at radius 3 is 2.50 bits per heavy atom. The summed E-state index contributed by atoms with van der Waals surface area (Å²) in [7, 11) is 1.67. The van der Waals surface area contributed by atoms with Crippen LogP contribution in [0, 0.1) is 0 Å². The molecule has 0 bridgehead atoms. The molecule has 0 atom stereocenters. The number of hydrogen-bond acceptors (Lipinski definition) is 4. The molecule has 4 heteroatoms. The Labute approximate surface area is 122 Å². The van der Waals surface area contributed by atoms with E-state index in [-0.39, 0.29) is 6.61 Å². The number of ether oxygens (including phenoxy) is 1. The number of benzene rings is 1. The standard InChI is InChI=1S/C16H28N2O2/c1-4-15(5-2)18(8-9-19)12-13-6-7-14(11-17)16(10-13)20-3/h6-7,10,15,19H,4-5,8-9,11-12,17H2,1-3H3. The van der Waals surface area contributed by atoms with Crippen LogP contribution in [-0.2, 0) is 13.1 Å². The van der Waals surface area contributed by atoms with Crippen LogP contribution >= 0.6 is 0 Å². The van der Waals surface area contributed by atoms with Gasteiger partial charge in [0.15, 0.2) is 0 Å². The van der Waals surface area contributed by atoms with E-state index < -0.39 is 0 Å². The van der Waals surface area contributed by atoms with Crippen LogP contribution in [0.5, 0.6) is 5.75 Å². The van der Waals surface area contributed by atoms with Crippen molar-refractivity contribution in [1.29, 1.82) is 0 Å². The number of rotatable bonds is 9. The maximum atomic E-state index is 9.25.